The fraction of sp³-hybridized carbons (Fsp3) is 0.462. The van der Waals surface area contributed by atoms with Gasteiger partial charge in [0.25, 0.3) is 0 Å². The molecule has 0 saturated heterocycles. The van der Waals surface area contributed by atoms with Gasteiger partial charge in [-0.05, 0) is 17.7 Å². The predicted molar refractivity (Wildman–Crippen MR) is 70.6 cm³/mol. The molecule has 0 aromatic heterocycles. The van der Waals surface area contributed by atoms with E-state index < -0.39 is 35.7 Å². The Morgan fingerprint density at radius 1 is 1.17 bits per heavy atom. The number of hydrogen-bond acceptors (Lipinski definition) is 4. The zero-order chi connectivity index (χ0) is 17.6. The molecule has 0 atom stereocenters. The molecule has 0 saturated carbocycles. The molecule has 1 amide bonds. The van der Waals surface area contributed by atoms with Crippen LogP contribution in [0, 0.1) is 11.6 Å². The van der Waals surface area contributed by atoms with Gasteiger partial charge in [0.15, 0.2) is 6.29 Å². The van der Waals surface area contributed by atoms with Gasteiger partial charge in [-0.2, -0.15) is 13.2 Å². The number of methoxy groups -OCH3 is 2. The van der Waals surface area contributed by atoms with Crippen LogP contribution in [0.15, 0.2) is 12.1 Å². The summed E-state index contributed by atoms with van der Waals surface area (Å²) in [6.45, 7) is 0.243. The second-order valence-electron chi connectivity index (χ2n) is 4.42. The lowest BCUT2D eigenvalue weighted by atomic mass is 10.1. The topological polar surface area (TPSA) is 59.6 Å². The van der Waals surface area contributed by atoms with Crippen molar-refractivity contribution >= 4 is 11.6 Å². The van der Waals surface area contributed by atoms with Gasteiger partial charge < -0.3 is 20.1 Å². The van der Waals surface area contributed by atoms with Gasteiger partial charge in [0.05, 0.1) is 0 Å². The third-order valence-corrected chi connectivity index (χ3v) is 2.76. The summed E-state index contributed by atoms with van der Waals surface area (Å²) < 4.78 is 73.4. The van der Waals surface area contributed by atoms with Gasteiger partial charge in [-0.25, -0.2) is 8.78 Å². The van der Waals surface area contributed by atoms with Crippen molar-refractivity contribution in [3.63, 3.8) is 0 Å². The van der Waals surface area contributed by atoms with E-state index >= 15 is 0 Å². The van der Waals surface area contributed by atoms with E-state index in [1.54, 1.807) is 0 Å². The van der Waals surface area contributed by atoms with E-state index in [9.17, 15) is 26.7 Å². The molecule has 0 aliphatic carbocycles. The predicted octanol–water partition coefficient (Wildman–Crippen LogP) is 2.17. The van der Waals surface area contributed by atoms with Crippen LogP contribution in [0.3, 0.4) is 0 Å². The second-order valence-corrected chi connectivity index (χ2v) is 4.42. The minimum absolute atomic E-state index is 0.0184. The average Bonchev–Trinajstić information content (AvgIpc) is 2.46. The SMILES string of the molecule is COC(CNCc1cc(F)c(NC(=O)C(F)(F)F)c(F)c1)OC. The van der Waals surface area contributed by atoms with E-state index in [-0.39, 0.29) is 18.7 Å². The molecular formula is C13H15F5N2O3. The Kier molecular flexibility index (Phi) is 6.85. The molecule has 0 unspecified atom stereocenters. The largest absolute Gasteiger partial charge is 0.471 e. The van der Waals surface area contributed by atoms with Crippen molar-refractivity contribution in [2.24, 2.45) is 0 Å². The Balaban J connectivity index is 2.75. The first-order valence-electron chi connectivity index (χ1n) is 6.31. The first-order chi connectivity index (χ1) is 10.7. The van der Waals surface area contributed by atoms with E-state index in [1.807, 2.05) is 0 Å². The molecule has 2 N–H and O–H groups in total. The molecule has 0 spiro atoms. The summed E-state index contributed by atoms with van der Waals surface area (Å²) in [6, 6.07) is 1.63. The van der Waals surface area contributed by atoms with Crippen LogP contribution in [0.1, 0.15) is 5.56 Å². The van der Waals surface area contributed by atoms with Crippen LogP contribution in [0.25, 0.3) is 0 Å². The summed E-state index contributed by atoms with van der Waals surface area (Å²) in [7, 11) is 2.82. The Bertz CT molecular complexity index is 524. The van der Waals surface area contributed by atoms with E-state index in [0.717, 1.165) is 17.4 Å². The zero-order valence-corrected chi connectivity index (χ0v) is 12.3. The number of nitrogens with one attached hydrogen (secondary N) is 2. The van der Waals surface area contributed by atoms with E-state index in [1.165, 1.54) is 14.2 Å². The molecule has 1 rings (SSSR count). The van der Waals surface area contributed by atoms with Crippen molar-refractivity contribution in [1.82, 2.24) is 5.32 Å². The average molecular weight is 342 g/mol. The second kappa shape index (κ2) is 8.18. The van der Waals surface area contributed by atoms with Crippen LogP contribution < -0.4 is 10.6 Å². The smallest absolute Gasteiger partial charge is 0.355 e. The highest BCUT2D eigenvalue weighted by Gasteiger charge is 2.39. The Morgan fingerprint density at radius 2 is 1.70 bits per heavy atom. The highest BCUT2D eigenvalue weighted by Crippen LogP contribution is 2.24. The van der Waals surface area contributed by atoms with Gasteiger partial charge in [0.2, 0.25) is 0 Å². The summed E-state index contributed by atoms with van der Waals surface area (Å²) in [5.41, 5.74) is -1.02. The minimum Gasteiger partial charge on any atom is -0.355 e. The maximum absolute atomic E-state index is 13.7. The number of amides is 1. The highest BCUT2D eigenvalue weighted by atomic mass is 19.4. The van der Waals surface area contributed by atoms with Gasteiger partial charge in [-0.1, -0.05) is 0 Å². The van der Waals surface area contributed by atoms with Crippen LogP contribution >= 0.6 is 0 Å². The lowest BCUT2D eigenvalue weighted by Crippen LogP contribution is -2.31. The number of hydrogen-bond donors (Lipinski definition) is 2. The molecule has 23 heavy (non-hydrogen) atoms. The van der Waals surface area contributed by atoms with Crippen molar-refractivity contribution in [2.45, 2.75) is 19.0 Å². The van der Waals surface area contributed by atoms with Crippen LogP contribution in [0.4, 0.5) is 27.6 Å². The number of rotatable bonds is 7. The number of ether oxygens (including phenoxy) is 2. The third kappa shape index (κ3) is 5.73. The molecule has 0 aliphatic heterocycles. The van der Waals surface area contributed by atoms with Crippen molar-refractivity contribution in [1.29, 1.82) is 0 Å². The summed E-state index contributed by atoms with van der Waals surface area (Å²) in [6.07, 6.45) is -5.80. The molecular weight excluding hydrogens is 327 g/mol. The van der Waals surface area contributed by atoms with Crippen LogP contribution in [-0.2, 0) is 20.8 Å². The number of benzene rings is 1. The molecule has 1 aromatic carbocycles. The lowest BCUT2D eigenvalue weighted by molar-refractivity contribution is -0.167. The number of halogens is 5. The van der Waals surface area contributed by atoms with Gasteiger partial charge >= 0.3 is 12.1 Å². The van der Waals surface area contributed by atoms with Crippen molar-refractivity contribution in [3.8, 4) is 0 Å². The fourth-order valence-electron chi connectivity index (χ4n) is 1.63. The van der Waals surface area contributed by atoms with E-state index in [0.29, 0.717) is 0 Å². The Labute approximate surface area is 128 Å². The van der Waals surface area contributed by atoms with Gasteiger partial charge in [0, 0.05) is 27.3 Å². The Morgan fingerprint density at radius 3 is 2.13 bits per heavy atom. The maximum atomic E-state index is 13.7. The molecule has 0 aliphatic rings. The third-order valence-electron chi connectivity index (χ3n) is 2.76. The van der Waals surface area contributed by atoms with Gasteiger partial charge in [-0.15, -0.1) is 0 Å². The van der Waals surface area contributed by atoms with Crippen LogP contribution in [0.5, 0.6) is 0 Å². The van der Waals surface area contributed by atoms with Crippen LogP contribution in [0.2, 0.25) is 0 Å². The maximum Gasteiger partial charge on any atom is 0.471 e. The molecule has 130 valence electrons. The summed E-state index contributed by atoms with van der Waals surface area (Å²) in [5.74, 6) is -5.08. The highest BCUT2D eigenvalue weighted by molar-refractivity contribution is 5.95. The summed E-state index contributed by atoms with van der Waals surface area (Å²) >= 11 is 0. The number of alkyl halides is 3. The molecule has 5 nitrogen and oxygen atoms in total. The van der Waals surface area contributed by atoms with Crippen molar-refractivity contribution in [2.75, 3.05) is 26.1 Å². The number of carbonyl (C=O) groups is 1. The summed E-state index contributed by atoms with van der Waals surface area (Å²) in [5, 5.41) is 3.96. The number of carbonyl (C=O) groups excluding carboxylic acids is 1. The van der Waals surface area contributed by atoms with E-state index in [4.69, 9.17) is 9.47 Å². The molecule has 1 aromatic rings. The Hall–Kier alpha value is -1.78. The lowest BCUT2D eigenvalue weighted by Gasteiger charge is -2.15. The van der Waals surface area contributed by atoms with E-state index in [2.05, 4.69) is 5.32 Å². The van der Waals surface area contributed by atoms with Gasteiger partial charge in [0.1, 0.15) is 17.3 Å². The molecule has 0 heterocycles. The molecule has 0 radical (unpaired) electrons. The standard InChI is InChI=1S/C13H15F5N2O3/c1-22-10(23-2)6-19-5-7-3-8(14)11(9(15)4-7)20-12(21)13(16,17)18/h3-4,10,19H,5-6H2,1-2H3,(H,20,21). The first kappa shape index (κ1) is 19.3. The number of anilines is 1. The van der Waals surface area contributed by atoms with Crippen molar-refractivity contribution < 1.29 is 36.2 Å². The molecule has 0 fully saturated rings. The normalized spacial score (nSPS) is 11.8. The first-order valence-corrected chi connectivity index (χ1v) is 6.31. The molecule has 10 heteroatoms. The monoisotopic (exact) mass is 342 g/mol. The zero-order valence-electron chi connectivity index (χ0n) is 12.3. The molecule has 0 bridgehead atoms. The quantitative estimate of drug-likeness (QED) is 0.589. The summed E-state index contributed by atoms with van der Waals surface area (Å²) in [4.78, 5) is 10.7. The van der Waals surface area contributed by atoms with Gasteiger partial charge in [-0.3, -0.25) is 4.79 Å². The fourth-order valence-corrected chi connectivity index (χ4v) is 1.63. The minimum atomic E-state index is -5.24. The van der Waals surface area contributed by atoms with Crippen molar-refractivity contribution in [3.05, 3.63) is 29.3 Å². The van der Waals surface area contributed by atoms with Crippen LogP contribution in [-0.4, -0.2) is 39.1 Å².